The van der Waals surface area contributed by atoms with Gasteiger partial charge in [-0.3, -0.25) is 4.79 Å². The first-order valence-electron chi connectivity index (χ1n) is 9.05. The number of amides is 1. The average molecular weight is 348 g/mol. The molecule has 3 aromatic rings. The van der Waals surface area contributed by atoms with Crippen LogP contribution in [0.2, 0.25) is 0 Å². The first-order valence-corrected chi connectivity index (χ1v) is 9.05. The van der Waals surface area contributed by atoms with Crippen molar-refractivity contribution in [3.63, 3.8) is 0 Å². The van der Waals surface area contributed by atoms with Crippen LogP contribution in [-0.2, 0) is 17.6 Å². The Morgan fingerprint density at radius 1 is 1.08 bits per heavy atom. The molecule has 0 atom stereocenters. The molecule has 0 bridgehead atoms. The van der Waals surface area contributed by atoms with Gasteiger partial charge in [0.25, 0.3) is 0 Å². The van der Waals surface area contributed by atoms with Gasteiger partial charge in [-0.25, -0.2) is 0 Å². The largest absolute Gasteiger partial charge is 0.356 e. The van der Waals surface area contributed by atoms with E-state index in [-0.39, 0.29) is 12.3 Å². The predicted octanol–water partition coefficient (Wildman–Crippen LogP) is 5.17. The lowest BCUT2D eigenvalue weighted by Crippen LogP contribution is -2.14. The van der Waals surface area contributed by atoms with Gasteiger partial charge in [-0.2, -0.15) is 0 Å². The molecular formula is C22H24N2O2. The molecule has 26 heavy (non-hydrogen) atoms. The zero-order valence-electron chi connectivity index (χ0n) is 15.3. The number of rotatable bonds is 7. The molecule has 1 N–H and O–H groups in total. The standard InChI is InChI=1S/C22H24N2O2/c1-3-4-5-17-8-12-19(13-9-17)23-22(25)15-20-14-21(26-24-20)18-10-6-16(2)7-11-18/h6-14H,3-5,15H2,1-2H3,(H,23,25). The van der Waals surface area contributed by atoms with E-state index in [2.05, 4.69) is 29.5 Å². The lowest BCUT2D eigenvalue weighted by atomic mass is 10.1. The van der Waals surface area contributed by atoms with E-state index >= 15 is 0 Å². The average Bonchev–Trinajstić information content (AvgIpc) is 3.10. The van der Waals surface area contributed by atoms with Crippen LogP contribution in [0.4, 0.5) is 5.69 Å². The summed E-state index contributed by atoms with van der Waals surface area (Å²) in [5.74, 6) is 0.572. The molecule has 0 fully saturated rings. The molecule has 0 unspecified atom stereocenters. The van der Waals surface area contributed by atoms with Gasteiger partial charge in [0, 0.05) is 17.3 Å². The van der Waals surface area contributed by atoms with Crippen LogP contribution in [0, 0.1) is 6.92 Å². The highest BCUT2D eigenvalue weighted by Gasteiger charge is 2.11. The second-order valence-corrected chi connectivity index (χ2v) is 6.57. The van der Waals surface area contributed by atoms with Crippen LogP contribution in [0.1, 0.15) is 36.6 Å². The van der Waals surface area contributed by atoms with E-state index in [1.165, 1.54) is 24.0 Å². The van der Waals surface area contributed by atoms with Gasteiger partial charge < -0.3 is 9.84 Å². The molecule has 0 spiro atoms. The summed E-state index contributed by atoms with van der Waals surface area (Å²) in [6.45, 7) is 4.22. The van der Waals surface area contributed by atoms with Crippen LogP contribution in [0.3, 0.4) is 0 Å². The fraction of sp³-hybridized carbons (Fsp3) is 0.273. The highest BCUT2D eigenvalue weighted by Crippen LogP contribution is 2.21. The third kappa shape index (κ3) is 4.82. The number of nitrogens with zero attached hydrogens (tertiary/aromatic N) is 1. The Labute approximate surface area is 154 Å². The maximum absolute atomic E-state index is 12.2. The van der Waals surface area contributed by atoms with Gasteiger partial charge in [0.15, 0.2) is 5.76 Å². The normalized spacial score (nSPS) is 10.7. The molecular weight excluding hydrogens is 324 g/mol. The summed E-state index contributed by atoms with van der Waals surface area (Å²) in [5, 5.41) is 6.92. The highest BCUT2D eigenvalue weighted by molar-refractivity contribution is 5.92. The van der Waals surface area contributed by atoms with Crippen molar-refractivity contribution in [2.45, 2.75) is 39.5 Å². The molecule has 0 radical (unpaired) electrons. The molecule has 4 heteroatoms. The zero-order chi connectivity index (χ0) is 18.4. The fourth-order valence-corrected chi connectivity index (χ4v) is 2.75. The second-order valence-electron chi connectivity index (χ2n) is 6.57. The summed E-state index contributed by atoms with van der Waals surface area (Å²) in [4.78, 5) is 12.2. The molecule has 0 aliphatic heterocycles. The summed E-state index contributed by atoms with van der Waals surface area (Å²) in [6.07, 6.45) is 3.63. The van der Waals surface area contributed by atoms with Crippen molar-refractivity contribution in [1.29, 1.82) is 0 Å². The summed E-state index contributed by atoms with van der Waals surface area (Å²) in [5.41, 5.74) is 4.87. The maximum atomic E-state index is 12.2. The number of unbranched alkanes of at least 4 members (excludes halogenated alkanes) is 1. The lowest BCUT2D eigenvalue weighted by Gasteiger charge is -2.05. The summed E-state index contributed by atoms with van der Waals surface area (Å²) >= 11 is 0. The summed E-state index contributed by atoms with van der Waals surface area (Å²) in [6, 6.07) is 17.9. The Hall–Kier alpha value is -2.88. The number of carbonyl (C=O) groups is 1. The van der Waals surface area contributed by atoms with Crippen molar-refractivity contribution in [2.75, 3.05) is 5.32 Å². The number of nitrogens with one attached hydrogen (secondary N) is 1. The molecule has 3 rings (SSSR count). The SMILES string of the molecule is CCCCc1ccc(NC(=O)Cc2cc(-c3ccc(C)cc3)on2)cc1. The van der Waals surface area contributed by atoms with E-state index in [0.29, 0.717) is 11.5 Å². The number of hydrogen-bond acceptors (Lipinski definition) is 3. The van der Waals surface area contributed by atoms with Gasteiger partial charge >= 0.3 is 0 Å². The monoisotopic (exact) mass is 348 g/mol. The number of hydrogen-bond donors (Lipinski definition) is 1. The first-order chi connectivity index (χ1) is 12.6. The number of benzene rings is 2. The van der Waals surface area contributed by atoms with Crippen molar-refractivity contribution in [1.82, 2.24) is 5.16 Å². The second kappa shape index (κ2) is 8.48. The molecule has 0 aliphatic rings. The summed E-state index contributed by atoms with van der Waals surface area (Å²) < 4.78 is 5.36. The molecule has 2 aromatic carbocycles. The minimum absolute atomic E-state index is 0.102. The van der Waals surface area contributed by atoms with Crippen molar-refractivity contribution in [3.8, 4) is 11.3 Å². The van der Waals surface area contributed by atoms with Gasteiger partial charge in [-0.05, 0) is 37.5 Å². The number of aryl methyl sites for hydroxylation is 2. The molecule has 0 saturated heterocycles. The maximum Gasteiger partial charge on any atom is 0.230 e. The number of carbonyl (C=O) groups excluding carboxylic acids is 1. The highest BCUT2D eigenvalue weighted by atomic mass is 16.5. The first kappa shape index (κ1) is 17.9. The van der Waals surface area contributed by atoms with E-state index < -0.39 is 0 Å². The van der Waals surface area contributed by atoms with Crippen molar-refractivity contribution in [2.24, 2.45) is 0 Å². The fourth-order valence-electron chi connectivity index (χ4n) is 2.75. The third-order valence-corrected chi connectivity index (χ3v) is 4.29. The Bertz CT molecular complexity index is 849. The molecule has 134 valence electrons. The van der Waals surface area contributed by atoms with Crippen LogP contribution in [0.5, 0.6) is 0 Å². The van der Waals surface area contributed by atoms with Crippen LogP contribution in [0.25, 0.3) is 11.3 Å². The van der Waals surface area contributed by atoms with Crippen molar-refractivity contribution < 1.29 is 9.32 Å². The third-order valence-electron chi connectivity index (χ3n) is 4.29. The molecule has 1 heterocycles. The lowest BCUT2D eigenvalue weighted by molar-refractivity contribution is -0.115. The van der Waals surface area contributed by atoms with Crippen LogP contribution in [0.15, 0.2) is 59.1 Å². The molecule has 4 nitrogen and oxygen atoms in total. The minimum atomic E-state index is -0.102. The summed E-state index contributed by atoms with van der Waals surface area (Å²) in [7, 11) is 0. The van der Waals surface area contributed by atoms with Crippen LogP contribution < -0.4 is 5.32 Å². The predicted molar refractivity (Wildman–Crippen MR) is 104 cm³/mol. The quantitative estimate of drug-likeness (QED) is 0.640. The van der Waals surface area contributed by atoms with E-state index in [1.54, 1.807) is 0 Å². The van der Waals surface area contributed by atoms with Crippen LogP contribution in [-0.4, -0.2) is 11.1 Å². The number of aromatic nitrogens is 1. The van der Waals surface area contributed by atoms with Gasteiger partial charge in [0.05, 0.1) is 12.1 Å². The van der Waals surface area contributed by atoms with Gasteiger partial charge in [0.1, 0.15) is 0 Å². The van der Waals surface area contributed by atoms with E-state index in [1.807, 2.05) is 49.4 Å². The Balaban J connectivity index is 1.57. The van der Waals surface area contributed by atoms with Crippen molar-refractivity contribution >= 4 is 11.6 Å². The van der Waals surface area contributed by atoms with E-state index in [0.717, 1.165) is 17.7 Å². The smallest absolute Gasteiger partial charge is 0.230 e. The molecule has 1 amide bonds. The van der Waals surface area contributed by atoms with Crippen molar-refractivity contribution in [3.05, 3.63) is 71.4 Å². The zero-order valence-corrected chi connectivity index (χ0v) is 15.3. The van der Waals surface area contributed by atoms with Gasteiger partial charge in [-0.1, -0.05) is 60.5 Å². The van der Waals surface area contributed by atoms with E-state index in [9.17, 15) is 4.79 Å². The Kier molecular flexibility index (Phi) is 5.84. The molecule has 1 aromatic heterocycles. The molecule has 0 aliphatic carbocycles. The molecule has 0 saturated carbocycles. The topological polar surface area (TPSA) is 55.1 Å². The number of anilines is 1. The van der Waals surface area contributed by atoms with E-state index in [4.69, 9.17) is 4.52 Å². The van der Waals surface area contributed by atoms with Crippen LogP contribution >= 0.6 is 0 Å². The minimum Gasteiger partial charge on any atom is -0.356 e. The van der Waals surface area contributed by atoms with Gasteiger partial charge in [-0.15, -0.1) is 0 Å². The van der Waals surface area contributed by atoms with Gasteiger partial charge in [0.2, 0.25) is 5.91 Å². The Morgan fingerprint density at radius 2 is 1.81 bits per heavy atom. The Morgan fingerprint density at radius 3 is 2.50 bits per heavy atom.